The number of rotatable bonds is 6. The highest BCUT2D eigenvalue weighted by atomic mass is 32.2. The molecule has 0 aliphatic rings. The third kappa shape index (κ3) is 4.11. The summed E-state index contributed by atoms with van der Waals surface area (Å²) in [5.74, 6) is 0.993. The fourth-order valence-electron chi connectivity index (χ4n) is 2.02. The van der Waals surface area contributed by atoms with Gasteiger partial charge in [0.1, 0.15) is 5.69 Å². The molecule has 2 aromatic rings. The number of carbonyl (C=O) groups is 1. The SMILES string of the molecule is CCCSc1ccc(NC(=O)c2cc(C)nn2CC)cc1. The third-order valence-corrected chi connectivity index (χ3v) is 4.24. The lowest BCUT2D eigenvalue weighted by Crippen LogP contribution is -2.17. The van der Waals surface area contributed by atoms with Crippen LogP contribution in [0, 0.1) is 6.92 Å². The van der Waals surface area contributed by atoms with Crippen LogP contribution in [0.15, 0.2) is 35.2 Å². The average Bonchev–Trinajstić information content (AvgIpc) is 2.88. The molecule has 0 saturated heterocycles. The summed E-state index contributed by atoms with van der Waals surface area (Å²) in [5.41, 5.74) is 2.26. The van der Waals surface area contributed by atoms with Crippen LogP contribution in [0.25, 0.3) is 0 Å². The Morgan fingerprint density at radius 1 is 1.29 bits per heavy atom. The number of nitrogens with one attached hydrogen (secondary N) is 1. The minimum absolute atomic E-state index is 0.119. The zero-order valence-electron chi connectivity index (χ0n) is 12.7. The topological polar surface area (TPSA) is 46.9 Å². The van der Waals surface area contributed by atoms with E-state index in [1.165, 1.54) is 4.90 Å². The van der Waals surface area contributed by atoms with E-state index in [9.17, 15) is 4.79 Å². The molecule has 4 nitrogen and oxygen atoms in total. The van der Waals surface area contributed by atoms with E-state index in [1.807, 2.05) is 55.9 Å². The van der Waals surface area contributed by atoms with Gasteiger partial charge in [-0.2, -0.15) is 5.10 Å². The molecule has 1 amide bonds. The molecule has 2 rings (SSSR count). The predicted molar refractivity (Wildman–Crippen MR) is 88.0 cm³/mol. The van der Waals surface area contributed by atoms with Crippen LogP contribution in [0.2, 0.25) is 0 Å². The van der Waals surface area contributed by atoms with Crippen molar-refractivity contribution in [3.8, 4) is 0 Å². The molecule has 0 unspecified atom stereocenters. The Balaban J connectivity index is 2.05. The van der Waals surface area contributed by atoms with Crippen LogP contribution in [0.3, 0.4) is 0 Å². The van der Waals surface area contributed by atoms with Gasteiger partial charge in [-0.25, -0.2) is 0 Å². The van der Waals surface area contributed by atoms with Crippen LogP contribution in [0.5, 0.6) is 0 Å². The number of benzene rings is 1. The molecule has 0 saturated carbocycles. The van der Waals surface area contributed by atoms with Gasteiger partial charge in [-0.3, -0.25) is 9.48 Å². The molecule has 0 aliphatic heterocycles. The first-order chi connectivity index (χ1) is 10.1. The van der Waals surface area contributed by atoms with Crippen LogP contribution >= 0.6 is 11.8 Å². The van der Waals surface area contributed by atoms with E-state index >= 15 is 0 Å². The molecule has 0 atom stereocenters. The number of anilines is 1. The van der Waals surface area contributed by atoms with Gasteiger partial charge in [0.25, 0.3) is 5.91 Å². The van der Waals surface area contributed by atoms with Crippen molar-refractivity contribution in [1.29, 1.82) is 0 Å². The molecule has 0 spiro atoms. The molecular weight excluding hydrogens is 282 g/mol. The molecule has 0 fully saturated rings. The lowest BCUT2D eigenvalue weighted by molar-refractivity contribution is 0.101. The van der Waals surface area contributed by atoms with Crippen molar-refractivity contribution in [2.24, 2.45) is 0 Å². The maximum Gasteiger partial charge on any atom is 0.273 e. The van der Waals surface area contributed by atoms with Crippen LogP contribution in [-0.2, 0) is 6.54 Å². The van der Waals surface area contributed by atoms with Crippen molar-refractivity contribution in [2.45, 2.75) is 38.6 Å². The van der Waals surface area contributed by atoms with E-state index in [0.29, 0.717) is 12.2 Å². The van der Waals surface area contributed by atoms with Crippen molar-refractivity contribution < 1.29 is 4.79 Å². The van der Waals surface area contributed by atoms with Gasteiger partial charge in [0.05, 0.1) is 5.69 Å². The van der Waals surface area contributed by atoms with Gasteiger partial charge in [0.2, 0.25) is 0 Å². The predicted octanol–water partition coefficient (Wildman–Crippen LogP) is 3.97. The van der Waals surface area contributed by atoms with Gasteiger partial charge < -0.3 is 5.32 Å². The highest BCUT2D eigenvalue weighted by Gasteiger charge is 2.13. The van der Waals surface area contributed by atoms with Crippen molar-refractivity contribution in [3.05, 3.63) is 41.7 Å². The lowest BCUT2D eigenvalue weighted by atomic mass is 10.3. The summed E-state index contributed by atoms with van der Waals surface area (Å²) >= 11 is 1.83. The first-order valence-electron chi connectivity index (χ1n) is 7.22. The van der Waals surface area contributed by atoms with Crippen LogP contribution in [0.4, 0.5) is 5.69 Å². The summed E-state index contributed by atoms with van der Waals surface area (Å²) in [6.07, 6.45) is 1.16. The number of nitrogens with zero attached hydrogens (tertiary/aromatic N) is 2. The number of thioether (sulfide) groups is 1. The van der Waals surface area contributed by atoms with Gasteiger partial charge in [0, 0.05) is 17.1 Å². The summed E-state index contributed by atoms with van der Waals surface area (Å²) in [7, 11) is 0. The Kier molecular flexibility index (Phi) is 5.44. The van der Waals surface area contributed by atoms with Gasteiger partial charge in [-0.1, -0.05) is 6.92 Å². The molecule has 1 aromatic carbocycles. The van der Waals surface area contributed by atoms with E-state index < -0.39 is 0 Å². The lowest BCUT2D eigenvalue weighted by Gasteiger charge is -2.07. The molecular formula is C16H21N3OS. The molecule has 0 aliphatic carbocycles. The van der Waals surface area contributed by atoms with E-state index in [-0.39, 0.29) is 5.91 Å². The van der Waals surface area contributed by atoms with E-state index in [1.54, 1.807) is 4.68 Å². The molecule has 1 heterocycles. The summed E-state index contributed by atoms with van der Waals surface area (Å²) in [4.78, 5) is 13.5. The highest BCUT2D eigenvalue weighted by Crippen LogP contribution is 2.21. The van der Waals surface area contributed by atoms with E-state index in [4.69, 9.17) is 0 Å². The maximum absolute atomic E-state index is 12.3. The standard InChI is InChI=1S/C16H21N3OS/c1-4-10-21-14-8-6-13(7-9-14)17-16(20)15-11-12(3)18-19(15)5-2/h6-9,11H,4-5,10H2,1-3H3,(H,17,20). The second-order valence-corrected chi connectivity index (χ2v) is 5.98. The Hall–Kier alpha value is -1.75. The third-order valence-electron chi connectivity index (χ3n) is 3.02. The van der Waals surface area contributed by atoms with Crippen LogP contribution < -0.4 is 5.32 Å². The average molecular weight is 303 g/mol. The zero-order chi connectivity index (χ0) is 15.2. The van der Waals surface area contributed by atoms with Crippen LogP contribution in [0.1, 0.15) is 36.5 Å². The number of hydrogen-bond donors (Lipinski definition) is 1. The Morgan fingerprint density at radius 3 is 2.62 bits per heavy atom. The Morgan fingerprint density at radius 2 is 2.00 bits per heavy atom. The molecule has 0 bridgehead atoms. The summed E-state index contributed by atoms with van der Waals surface area (Å²) in [6, 6.07) is 9.77. The van der Waals surface area contributed by atoms with Gasteiger partial charge >= 0.3 is 0 Å². The Bertz CT molecular complexity index is 604. The number of aryl methyl sites for hydroxylation is 2. The quantitative estimate of drug-likeness (QED) is 0.821. The molecule has 1 aromatic heterocycles. The smallest absolute Gasteiger partial charge is 0.273 e. The second kappa shape index (κ2) is 7.31. The normalized spacial score (nSPS) is 10.6. The number of aromatic nitrogens is 2. The van der Waals surface area contributed by atoms with Gasteiger partial charge in [-0.15, -0.1) is 11.8 Å². The summed E-state index contributed by atoms with van der Waals surface area (Å²) < 4.78 is 1.72. The minimum Gasteiger partial charge on any atom is -0.321 e. The Labute approximate surface area is 129 Å². The van der Waals surface area contributed by atoms with Gasteiger partial charge in [-0.05, 0) is 56.4 Å². The second-order valence-electron chi connectivity index (χ2n) is 4.81. The number of hydrogen-bond acceptors (Lipinski definition) is 3. The molecule has 21 heavy (non-hydrogen) atoms. The van der Waals surface area contributed by atoms with Crippen LogP contribution in [-0.4, -0.2) is 21.4 Å². The molecule has 0 radical (unpaired) electrons. The fourth-order valence-corrected chi connectivity index (χ4v) is 2.79. The van der Waals surface area contributed by atoms with Crippen molar-refractivity contribution >= 4 is 23.4 Å². The zero-order valence-corrected chi connectivity index (χ0v) is 13.5. The number of amides is 1. The summed E-state index contributed by atoms with van der Waals surface area (Å²) in [6.45, 7) is 6.72. The first-order valence-corrected chi connectivity index (χ1v) is 8.21. The van der Waals surface area contributed by atoms with Crippen molar-refractivity contribution in [2.75, 3.05) is 11.1 Å². The van der Waals surface area contributed by atoms with E-state index in [0.717, 1.165) is 23.6 Å². The summed E-state index contributed by atoms with van der Waals surface area (Å²) in [5, 5.41) is 7.21. The first kappa shape index (κ1) is 15.6. The maximum atomic E-state index is 12.3. The molecule has 112 valence electrons. The highest BCUT2D eigenvalue weighted by molar-refractivity contribution is 7.99. The fraction of sp³-hybridized carbons (Fsp3) is 0.375. The molecule has 1 N–H and O–H groups in total. The number of carbonyl (C=O) groups excluding carboxylic acids is 1. The van der Waals surface area contributed by atoms with Crippen molar-refractivity contribution in [1.82, 2.24) is 9.78 Å². The monoisotopic (exact) mass is 303 g/mol. The van der Waals surface area contributed by atoms with Crippen molar-refractivity contribution in [3.63, 3.8) is 0 Å². The minimum atomic E-state index is -0.119. The van der Waals surface area contributed by atoms with E-state index in [2.05, 4.69) is 17.3 Å². The molecule has 5 heteroatoms. The largest absolute Gasteiger partial charge is 0.321 e. The van der Waals surface area contributed by atoms with Gasteiger partial charge in [0.15, 0.2) is 0 Å².